The number of furan rings is 1. The smallest absolute Gasteiger partial charge is 0.371 e. The van der Waals surface area contributed by atoms with Gasteiger partial charge in [-0.25, -0.2) is 4.79 Å². The van der Waals surface area contributed by atoms with Crippen LogP contribution in [-0.2, 0) is 12.8 Å². The van der Waals surface area contributed by atoms with Gasteiger partial charge in [-0.2, -0.15) is 0 Å². The minimum atomic E-state index is -1.08. The lowest BCUT2D eigenvalue weighted by Crippen LogP contribution is -2.13. The van der Waals surface area contributed by atoms with Crippen molar-refractivity contribution in [2.45, 2.75) is 26.2 Å². The average molecular weight is 390 g/mol. The topological polar surface area (TPSA) is 55.4 Å². The highest BCUT2D eigenvalue weighted by molar-refractivity contribution is 6.42. The zero-order valence-corrected chi connectivity index (χ0v) is 15.6. The Kier molecular flexibility index (Phi) is 4.33. The lowest BCUT2D eigenvalue weighted by molar-refractivity contribution is 0.0662. The summed E-state index contributed by atoms with van der Waals surface area (Å²) in [6.45, 7) is 2.23. The van der Waals surface area contributed by atoms with Gasteiger partial charge in [-0.05, 0) is 55.0 Å². The lowest BCUT2D eigenvalue weighted by Gasteiger charge is -2.20. The quantitative estimate of drug-likeness (QED) is 0.609. The molecule has 0 fully saturated rings. The molecule has 3 aromatic rings. The normalized spacial score (nSPS) is 16.5. The molecule has 0 bridgehead atoms. The Morgan fingerprint density at radius 3 is 2.69 bits per heavy atom. The van der Waals surface area contributed by atoms with E-state index < -0.39 is 5.97 Å². The molecular weight excluding hydrogens is 373 g/mol. The molecule has 0 spiro atoms. The monoisotopic (exact) mass is 389 g/mol. The van der Waals surface area contributed by atoms with Crippen LogP contribution >= 0.6 is 23.2 Å². The second kappa shape index (κ2) is 6.53. The molecule has 134 valence electrons. The van der Waals surface area contributed by atoms with E-state index in [9.17, 15) is 9.90 Å². The number of halogens is 2. The molecule has 4 rings (SSSR count). The maximum absolute atomic E-state index is 11.2. The van der Waals surface area contributed by atoms with Gasteiger partial charge in [0.25, 0.3) is 0 Å². The van der Waals surface area contributed by atoms with Crippen LogP contribution in [-0.4, -0.2) is 15.6 Å². The second-order valence-corrected chi connectivity index (χ2v) is 7.57. The summed E-state index contributed by atoms with van der Waals surface area (Å²) in [6.07, 6.45) is 3.04. The number of aryl methyl sites for hydroxylation is 1. The number of fused-ring (bicyclic) bond motifs is 1. The van der Waals surface area contributed by atoms with Crippen molar-refractivity contribution < 1.29 is 14.3 Å². The van der Waals surface area contributed by atoms with E-state index in [1.165, 1.54) is 11.6 Å². The summed E-state index contributed by atoms with van der Waals surface area (Å²) >= 11 is 12.3. The van der Waals surface area contributed by atoms with Gasteiger partial charge < -0.3 is 9.52 Å². The van der Waals surface area contributed by atoms with Gasteiger partial charge in [-0.1, -0.05) is 36.2 Å². The number of hydrogen-bond donors (Lipinski definition) is 1. The number of benzene rings is 1. The van der Waals surface area contributed by atoms with Crippen LogP contribution in [0.25, 0.3) is 17.1 Å². The molecule has 4 nitrogen and oxygen atoms in total. The molecule has 0 aliphatic heterocycles. The first-order valence-electron chi connectivity index (χ1n) is 8.46. The Labute approximate surface area is 161 Å². The Hall–Kier alpha value is -2.17. The molecule has 1 aliphatic carbocycles. The van der Waals surface area contributed by atoms with Gasteiger partial charge in [0.2, 0.25) is 11.6 Å². The van der Waals surface area contributed by atoms with Gasteiger partial charge in [-0.3, -0.25) is 4.57 Å². The summed E-state index contributed by atoms with van der Waals surface area (Å²) in [4.78, 5) is 11.2. The van der Waals surface area contributed by atoms with Gasteiger partial charge in [0.1, 0.15) is 0 Å². The van der Waals surface area contributed by atoms with E-state index >= 15 is 0 Å². The third kappa shape index (κ3) is 2.93. The number of carboxylic acid groups (broad SMARTS) is 1. The molecule has 0 radical (unpaired) electrons. The zero-order valence-electron chi connectivity index (χ0n) is 14.1. The standard InChI is InChI=1S/C20H17Cl2NO3/c1-11-2-3-13-10-17(12-4-5-14(21)15(22)9-12)23(16(13)8-11)19-7-6-18(26-19)20(24)25/h4-7,9-11H,2-3,8H2,1H3,(H,24,25). The maximum atomic E-state index is 11.2. The molecule has 1 aliphatic rings. The van der Waals surface area contributed by atoms with Crippen molar-refractivity contribution in [1.82, 2.24) is 4.57 Å². The Morgan fingerprint density at radius 2 is 2.00 bits per heavy atom. The summed E-state index contributed by atoms with van der Waals surface area (Å²) in [6, 6.07) is 10.8. The van der Waals surface area contributed by atoms with E-state index in [-0.39, 0.29) is 5.76 Å². The van der Waals surface area contributed by atoms with Crippen molar-refractivity contribution in [2.24, 2.45) is 5.92 Å². The van der Waals surface area contributed by atoms with E-state index in [4.69, 9.17) is 27.6 Å². The van der Waals surface area contributed by atoms with Gasteiger partial charge >= 0.3 is 5.97 Å². The summed E-state index contributed by atoms with van der Waals surface area (Å²) < 4.78 is 7.62. The van der Waals surface area contributed by atoms with Gasteiger partial charge in [0.15, 0.2) is 0 Å². The van der Waals surface area contributed by atoms with E-state index in [1.54, 1.807) is 12.1 Å². The fourth-order valence-electron chi connectivity index (χ4n) is 3.56. The predicted molar refractivity (Wildman–Crippen MR) is 102 cm³/mol. The van der Waals surface area contributed by atoms with Crippen molar-refractivity contribution in [1.29, 1.82) is 0 Å². The SMILES string of the molecule is CC1CCc2cc(-c3ccc(Cl)c(Cl)c3)n(-c3ccc(C(=O)O)o3)c2C1. The minimum absolute atomic E-state index is 0.0774. The fraction of sp³-hybridized carbons (Fsp3) is 0.250. The number of carbonyl (C=O) groups is 1. The molecule has 0 saturated heterocycles. The van der Waals surface area contributed by atoms with Crippen molar-refractivity contribution in [3.63, 3.8) is 0 Å². The van der Waals surface area contributed by atoms with Crippen LogP contribution < -0.4 is 0 Å². The van der Waals surface area contributed by atoms with Crippen LogP contribution in [0.2, 0.25) is 10.0 Å². The molecule has 1 aromatic carbocycles. The molecule has 0 amide bonds. The van der Waals surface area contributed by atoms with E-state index in [2.05, 4.69) is 13.0 Å². The van der Waals surface area contributed by atoms with Crippen molar-refractivity contribution in [2.75, 3.05) is 0 Å². The number of nitrogens with zero attached hydrogens (tertiary/aromatic N) is 1. The zero-order chi connectivity index (χ0) is 18.4. The minimum Gasteiger partial charge on any atom is -0.475 e. The lowest BCUT2D eigenvalue weighted by atomic mass is 9.89. The largest absolute Gasteiger partial charge is 0.475 e. The van der Waals surface area contributed by atoms with Crippen LogP contribution in [0.5, 0.6) is 0 Å². The summed E-state index contributed by atoms with van der Waals surface area (Å²) in [5, 5.41) is 10.2. The summed E-state index contributed by atoms with van der Waals surface area (Å²) in [7, 11) is 0. The van der Waals surface area contributed by atoms with E-state index in [0.29, 0.717) is 21.8 Å². The molecule has 1 N–H and O–H groups in total. The Morgan fingerprint density at radius 1 is 1.19 bits per heavy atom. The number of aromatic nitrogens is 1. The second-order valence-electron chi connectivity index (χ2n) is 6.76. The molecule has 0 saturated carbocycles. The number of aromatic carboxylic acids is 1. The van der Waals surface area contributed by atoms with Crippen LogP contribution in [0.15, 0.2) is 40.8 Å². The molecule has 1 unspecified atom stereocenters. The first-order valence-corrected chi connectivity index (χ1v) is 9.22. The predicted octanol–water partition coefficient (Wildman–Crippen LogP) is 5.87. The fourth-order valence-corrected chi connectivity index (χ4v) is 3.86. The average Bonchev–Trinajstić information content (AvgIpc) is 3.21. The highest BCUT2D eigenvalue weighted by Gasteiger charge is 2.25. The van der Waals surface area contributed by atoms with Gasteiger partial charge in [-0.15, -0.1) is 0 Å². The third-order valence-corrected chi connectivity index (χ3v) is 5.62. The van der Waals surface area contributed by atoms with Gasteiger partial charge in [0.05, 0.1) is 15.7 Å². The molecule has 26 heavy (non-hydrogen) atoms. The van der Waals surface area contributed by atoms with Crippen molar-refractivity contribution >= 4 is 29.2 Å². The third-order valence-electron chi connectivity index (χ3n) is 4.88. The molecule has 1 atom stereocenters. The molecular formula is C20H17Cl2NO3. The van der Waals surface area contributed by atoms with E-state index in [0.717, 1.165) is 36.2 Å². The van der Waals surface area contributed by atoms with Crippen LogP contribution in [0, 0.1) is 5.92 Å². The highest BCUT2D eigenvalue weighted by Crippen LogP contribution is 2.37. The first-order chi connectivity index (χ1) is 12.4. The van der Waals surface area contributed by atoms with Crippen molar-refractivity contribution in [3.05, 3.63) is 63.5 Å². The first kappa shape index (κ1) is 17.3. The highest BCUT2D eigenvalue weighted by atomic mass is 35.5. The molecule has 2 heterocycles. The summed E-state index contributed by atoms with van der Waals surface area (Å²) in [5.74, 6) is -0.0985. The van der Waals surface area contributed by atoms with Crippen LogP contribution in [0.4, 0.5) is 0 Å². The van der Waals surface area contributed by atoms with E-state index in [1.807, 2.05) is 16.7 Å². The van der Waals surface area contributed by atoms with Gasteiger partial charge in [0, 0.05) is 17.3 Å². The molecule has 2 aromatic heterocycles. The summed E-state index contributed by atoms with van der Waals surface area (Å²) in [5.41, 5.74) is 4.26. The van der Waals surface area contributed by atoms with Crippen LogP contribution in [0.1, 0.15) is 35.2 Å². The number of carboxylic acids is 1. The number of hydrogen-bond acceptors (Lipinski definition) is 2. The van der Waals surface area contributed by atoms with Crippen molar-refractivity contribution in [3.8, 4) is 17.1 Å². The van der Waals surface area contributed by atoms with Crippen LogP contribution in [0.3, 0.4) is 0 Å². The molecule has 6 heteroatoms. The Bertz CT molecular complexity index is 1000. The maximum Gasteiger partial charge on any atom is 0.371 e. The number of rotatable bonds is 3. The Balaban J connectivity index is 1.93.